The summed E-state index contributed by atoms with van der Waals surface area (Å²) >= 11 is 11.4. The Hall–Kier alpha value is -3.29. The second-order valence-electron chi connectivity index (χ2n) is 6.97. The number of rotatable bonds is 4. The molecule has 1 aromatic heterocycles. The molecule has 0 unspecified atom stereocenters. The number of thiocarbonyl (C=S) groups is 1. The predicted octanol–water partition coefficient (Wildman–Crippen LogP) is 6.98. The van der Waals surface area contributed by atoms with Crippen molar-refractivity contribution in [1.82, 2.24) is 4.57 Å². The molecule has 31 heavy (non-hydrogen) atoms. The first-order chi connectivity index (χ1) is 14.9. The van der Waals surface area contributed by atoms with Crippen LogP contribution in [0.3, 0.4) is 0 Å². The molecule has 0 aliphatic rings. The van der Waals surface area contributed by atoms with Gasteiger partial charge in [0.05, 0.1) is 12.1 Å². The highest BCUT2D eigenvalue weighted by Gasteiger charge is 2.19. The number of hydrogen-bond donors (Lipinski definition) is 2. The van der Waals surface area contributed by atoms with Crippen molar-refractivity contribution in [3.8, 4) is 5.88 Å². The molecule has 4 rings (SSSR count). The zero-order chi connectivity index (χ0) is 22.0. The largest absolute Gasteiger partial charge is 0.493 e. The van der Waals surface area contributed by atoms with Crippen molar-refractivity contribution >= 4 is 51.2 Å². The zero-order valence-corrected chi connectivity index (χ0v) is 18.1. The first kappa shape index (κ1) is 21.0. The number of aryl methyl sites for hydroxylation is 1. The van der Waals surface area contributed by atoms with Crippen LogP contribution in [0.25, 0.3) is 10.9 Å². The fourth-order valence-corrected chi connectivity index (χ4v) is 3.63. The first-order valence-electron chi connectivity index (χ1n) is 9.46. The predicted molar refractivity (Wildman–Crippen MR) is 126 cm³/mol. The molecule has 4 aromatic rings. The highest BCUT2D eigenvalue weighted by molar-refractivity contribution is 7.80. The zero-order valence-electron chi connectivity index (χ0n) is 16.5. The highest BCUT2D eigenvalue weighted by Crippen LogP contribution is 2.39. The van der Waals surface area contributed by atoms with Crippen LogP contribution in [-0.4, -0.2) is 14.8 Å². The molecule has 156 valence electrons. The van der Waals surface area contributed by atoms with E-state index < -0.39 is 5.82 Å². The van der Waals surface area contributed by atoms with Crippen LogP contribution in [-0.2, 0) is 6.54 Å². The highest BCUT2D eigenvalue weighted by atomic mass is 35.5. The summed E-state index contributed by atoms with van der Waals surface area (Å²) < 4.78 is 15.9. The first-order valence-corrected chi connectivity index (χ1v) is 10.2. The Morgan fingerprint density at radius 3 is 2.58 bits per heavy atom. The Morgan fingerprint density at radius 1 is 1.10 bits per heavy atom. The van der Waals surface area contributed by atoms with Gasteiger partial charge in [-0.15, -0.1) is 10.2 Å². The smallest absolute Gasteiger partial charge is 0.221 e. The van der Waals surface area contributed by atoms with E-state index in [0.29, 0.717) is 10.9 Å². The third-order valence-electron chi connectivity index (χ3n) is 4.84. The molecule has 0 radical (unpaired) electrons. The Morgan fingerprint density at radius 2 is 1.84 bits per heavy atom. The van der Waals surface area contributed by atoms with Crippen LogP contribution in [0.4, 0.5) is 15.8 Å². The molecule has 8 heteroatoms. The van der Waals surface area contributed by atoms with Gasteiger partial charge in [-0.2, -0.15) is 0 Å². The lowest BCUT2D eigenvalue weighted by Gasteiger charge is -2.09. The van der Waals surface area contributed by atoms with Crippen molar-refractivity contribution in [2.45, 2.75) is 13.5 Å². The Kier molecular flexibility index (Phi) is 5.97. The molecular formula is C23H18ClFN4OS. The maximum Gasteiger partial charge on any atom is 0.221 e. The number of hydrogen-bond acceptors (Lipinski definition) is 3. The van der Waals surface area contributed by atoms with E-state index in [4.69, 9.17) is 23.8 Å². The fraction of sp³-hybridized carbons (Fsp3) is 0.0870. The molecule has 3 aromatic carbocycles. The summed E-state index contributed by atoms with van der Waals surface area (Å²) in [6.45, 7) is 2.04. The van der Waals surface area contributed by atoms with E-state index in [2.05, 4.69) is 15.5 Å². The lowest BCUT2D eigenvalue weighted by molar-refractivity contribution is 0.428. The fourth-order valence-electron chi connectivity index (χ4n) is 3.25. The summed E-state index contributed by atoms with van der Waals surface area (Å²) in [6.07, 6.45) is 0. The van der Waals surface area contributed by atoms with E-state index in [1.807, 2.05) is 49.4 Å². The van der Waals surface area contributed by atoms with Gasteiger partial charge in [0.2, 0.25) is 11.0 Å². The van der Waals surface area contributed by atoms with E-state index in [9.17, 15) is 9.50 Å². The number of para-hydroxylation sites is 1. The average Bonchev–Trinajstić information content (AvgIpc) is 3.02. The lowest BCUT2D eigenvalue weighted by Crippen LogP contribution is -2.04. The van der Waals surface area contributed by atoms with E-state index in [1.165, 1.54) is 12.1 Å². The van der Waals surface area contributed by atoms with Crippen LogP contribution in [0.15, 0.2) is 77.0 Å². The number of nitrogens with zero attached hydrogens (tertiary/aromatic N) is 3. The third kappa shape index (κ3) is 4.42. The minimum Gasteiger partial charge on any atom is -0.493 e. The van der Waals surface area contributed by atoms with Crippen molar-refractivity contribution < 1.29 is 9.50 Å². The van der Waals surface area contributed by atoms with Crippen LogP contribution in [0, 0.1) is 12.7 Å². The summed E-state index contributed by atoms with van der Waals surface area (Å²) in [5.41, 5.74) is 3.11. The van der Waals surface area contributed by atoms with Crippen molar-refractivity contribution in [3.63, 3.8) is 0 Å². The minimum absolute atomic E-state index is 0.0411. The molecule has 0 spiro atoms. The molecule has 2 N–H and O–H groups in total. The van der Waals surface area contributed by atoms with Gasteiger partial charge in [-0.25, -0.2) is 4.39 Å². The summed E-state index contributed by atoms with van der Waals surface area (Å²) in [5, 5.41) is 23.2. The van der Waals surface area contributed by atoms with Gasteiger partial charge in [0.1, 0.15) is 5.82 Å². The number of halogens is 2. The number of fused-ring (bicyclic) bond motifs is 1. The quantitative estimate of drug-likeness (QED) is 0.259. The van der Waals surface area contributed by atoms with Gasteiger partial charge in [-0.3, -0.25) is 0 Å². The summed E-state index contributed by atoms with van der Waals surface area (Å²) in [4.78, 5) is 0. The SMILES string of the molecule is Cc1ccc(NC(=S)N=Nc2c(O)n(Cc3c(F)cccc3Cl)c3ccccc23)cc1. The lowest BCUT2D eigenvalue weighted by atomic mass is 10.2. The molecule has 0 saturated heterocycles. The van der Waals surface area contributed by atoms with E-state index in [0.717, 1.165) is 11.3 Å². The number of benzene rings is 3. The second kappa shape index (κ2) is 8.83. The molecule has 0 aliphatic carbocycles. The molecule has 1 heterocycles. The van der Waals surface area contributed by atoms with E-state index in [-0.39, 0.29) is 33.8 Å². The number of azo groups is 1. The topological polar surface area (TPSA) is 61.9 Å². The molecule has 0 fully saturated rings. The van der Waals surface area contributed by atoms with Gasteiger partial charge in [0.15, 0.2) is 5.69 Å². The maximum atomic E-state index is 14.3. The van der Waals surface area contributed by atoms with Gasteiger partial charge in [0.25, 0.3) is 0 Å². The minimum atomic E-state index is -0.448. The number of anilines is 1. The van der Waals surface area contributed by atoms with Gasteiger partial charge < -0.3 is 15.0 Å². The van der Waals surface area contributed by atoms with Gasteiger partial charge >= 0.3 is 0 Å². The third-order valence-corrected chi connectivity index (χ3v) is 5.38. The number of nitrogens with one attached hydrogen (secondary N) is 1. The summed E-state index contributed by atoms with van der Waals surface area (Å²) in [5.74, 6) is -0.598. The molecule has 0 atom stereocenters. The number of aromatic hydroxyl groups is 1. The monoisotopic (exact) mass is 452 g/mol. The van der Waals surface area contributed by atoms with Crippen LogP contribution in [0.5, 0.6) is 5.88 Å². The molecule has 0 saturated carbocycles. The van der Waals surface area contributed by atoms with Gasteiger partial charge in [-0.1, -0.05) is 53.6 Å². The van der Waals surface area contributed by atoms with Crippen LogP contribution in [0.2, 0.25) is 5.02 Å². The average molecular weight is 453 g/mol. The van der Waals surface area contributed by atoms with Crippen molar-refractivity contribution in [3.05, 3.63) is 88.7 Å². The van der Waals surface area contributed by atoms with Crippen LogP contribution in [0.1, 0.15) is 11.1 Å². The molecule has 0 amide bonds. The maximum absolute atomic E-state index is 14.3. The van der Waals surface area contributed by atoms with Crippen LogP contribution < -0.4 is 5.32 Å². The summed E-state index contributed by atoms with van der Waals surface area (Å²) in [7, 11) is 0. The van der Waals surface area contributed by atoms with E-state index in [1.54, 1.807) is 16.7 Å². The molecule has 0 aliphatic heterocycles. The Labute approximate surface area is 188 Å². The second-order valence-corrected chi connectivity index (χ2v) is 7.77. The van der Waals surface area contributed by atoms with Gasteiger partial charge in [0, 0.05) is 21.7 Å². The van der Waals surface area contributed by atoms with E-state index >= 15 is 0 Å². The van der Waals surface area contributed by atoms with Crippen LogP contribution >= 0.6 is 23.8 Å². The number of aromatic nitrogens is 1. The Bertz CT molecular complexity index is 1280. The van der Waals surface area contributed by atoms with Crippen molar-refractivity contribution in [1.29, 1.82) is 0 Å². The van der Waals surface area contributed by atoms with Gasteiger partial charge in [-0.05, 0) is 49.5 Å². The molecule has 5 nitrogen and oxygen atoms in total. The Balaban J connectivity index is 1.67. The standard InChI is InChI=1S/C23H18ClFN4OS/c1-14-9-11-15(12-10-14)26-23(31)28-27-21-16-5-2-3-8-20(16)29(22(21)30)13-17-18(24)6-4-7-19(17)25/h2-12,30H,13H2,1H3,(H,26,31). The normalized spacial score (nSPS) is 11.3. The molecular weight excluding hydrogens is 435 g/mol. The van der Waals surface area contributed by atoms with Crippen molar-refractivity contribution in [2.24, 2.45) is 10.2 Å². The molecule has 0 bridgehead atoms. The summed E-state index contributed by atoms with van der Waals surface area (Å²) in [6, 6.07) is 19.4. The van der Waals surface area contributed by atoms with Crippen molar-refractivity contribution in [2.75, 3.05) is 5.32 Å².